The average molecular weight is 382 g/mol. The highest BCUT2D eigenvalue weighted by atomic mass is 19.1. The lowest BCUT2D eigenvalue weighted by molar-refractivity contribution is -0.134. The number of ether oxygens (including phenoxy) is 1. The lowest BCUT2D eigenvalue weighted by atomic mass is 9.97. The van der Waals surface area contributed by atoms with Gasteiger partial charge in [-0.1, -0.05) is 0 Å². The molecule has 4 rings (SSSR count). The Labute approximate surface area is 161 Å². The smallest absolute Gasteiger partial charge is 0.260 e. The molecule has 28 heavy (non-hydrogen) atoms. The average Bonchev–Trinajstić information content (AvgIpc) is 3.24. The van der Waals surface area contributed by atoms with E-state index in [1.54, 1.807) is 41.6 Å². The van der Waals surface area contributed by atoms with Gasteiger partial charge in [0.25, 0.3) is 5.91 Å². The Kier molecular flexibility index (Phi) is 5.27. The second-order valence-electron chi connectivity index (χ2n) is 6.58. The van der Waals surface area contributed by atoms with Crippen molar-refractivity contribution in [1.82, 2.24) is 20.1 Å². The van der Waals surface area contributed by atoms with Gasteiger partial charge in [-0.3, -0.25) is 9.78 Å². The third kappa shape index (κ3) is 4.16. The standard InChI is InChI=1S/C20H19FN4O3/c21-16-5-3-14(4-6-16)19-23-24-20(28-19)15-7-10-25(11-8-15)18(26)13-27-17-2-1-9-22-12-17/h1-6,9,12,15H,7-8,10-11,13H2. The molecule has 0 atom stereocenters. The molecule has 1 amide bonds. The Bertz CT molecular complexity index is 922. The minimum Gasteiger partial charge on any atom is -0.482 e. The molecule has 0 saturated carbocycles. The SMILES string of the molecule is O=C(COc1cccnc1)N1CCC(c2nnc(-c3ccc(F)cc3)o2)CC1. The number of carbonyl (C=O) groups is 1. The minimum atomic E-state index is -0.312. The summed E-state index contributed by atoms with van der Waals surface area (Å²) >= 11 is 0. The van der Waals surface area contributed by atoms with Gasteiger partial charge in [0.05, 0.1) is 6.20 Å². The van der Waals surface area contributed by atoms with Crippen LogP contribution in [0.25, 0.3) is 11.5 Å². The lowest BCUT2D eigenvalue weighted by Crippen LogP contribution is -2.40. The van der Waals surface area contributed by atoms with E-state index >= 15 is 0 Å². The summed E-state index contributed by atoms with van der Waals surface area (Å²) in [4.78, 5) is 18.1. The second-order valence-corrected chi connectivity index (χ2v) is 6.58. The first-order valence-electron chi connectivity index (χ1n) is 9.09. The van der Waals surface area contributed by atoms with Gasteiger partial charge in [0.15, 0.2) is 6.61 Å². The van der Waals surface area contributed by atoms with E-state index < -0.39 is 0 Å². The van der Waals surface area contributed by atoms with Crippen LogP contribution in [0.1, 0.15) is 24.7 Å². The molecule has 8 heteroatoms. The van der Waals surface area contributed by atoms with Crippen molar-refractivity contribution in [2.24, 2.45) is 0 Å². The van der Waals surface area contributed by atoms with Crippen LogP contribution in [0, 0.1) is 5.82 Å². The molecule has 1 aliphatic heterocycles. The molecule has 3 heterocycles. The van der Waals surface area contributed by atoms with Gasteiger partial charge in [-0.2, -0.15) is 0 Å². The number of rotatable bonds is 5. The van der Waals surface area contributed by atoms with Crippen molar-refractivity contribution in [3.8, 4) is 17.2 Å². The summed E-state index contributed by atoms with van der Waals surface area (Å²) in [7, 11) is 0. The van der Waals surface area contributed by atoms with Crippen LogP contribution in [0.2, 0.25) is 0 Å². The largest absolute Gasteiger partial charge is 0.482 e. The molecule has 7 nitrogen and oxygen atoms in total. The number of nitrogens with zero attached hydrogens (tertiary/aromatic N) is 4. The van der Waals surface area contributed by atoms with E-state index in [2.05, 4.69) is 15.2 Å². The number of hydrogen-bond donors (Lipinski definition) is 0. The van der Waals surface area contributed by atoms with Crippen LogP contribution in [0.5, 0.6) is 5.75 Å². The highest BCUT2D eigenvalue weighted by molar-refractivity contribution is 5.77. The molecule has 0 bridgehead atoms. The van der Waals surface area contributed by atoms with Crippen molar-refractivity contribution >= 4 is 5.91 Å². The fraction of sp³-hybridized carbons (Fsp3) is 0.300. The van der Waals surface area contributed by atoms with Gasteiger partial charge in [-0.05, 0) is 49.2 Å². The van der Waals surface area contributed by atoms with Crippen LogP contribution in [0.3, 0.4) is 0 Å². The van der Waals surface area contributed by atoms with E-state index in [-0.39, 0.29) is 24.2 Å². The molecule has 0 N–H and O–H groups in total. The van der Waals surface area contributed by atoms with Gasteiger partial charge >= 0.3 is 0 Å². The number of aromatic nitrogens is 3. The van der Waals surface area contributed by atoms with E-state index in [4.69, 9.17) is 9.15 Å². The zero-order valence-corrected chi connectivity index (χ0v) is 15.1. The number of hydrogen-bond acceptors (Lipinski definition) is 6. The van der Waals surface area contributed by atoms with Gasteiger partial charge in [-0.25, -0.2) is 4.39 Å². The molecule has 144 valence electrons. The third-order valence-electron chi connectivity index (χ3n) is 4.73. The summed E-state index contributed by atoms with van der Waals surface area (Å²) < 4.78 is 24.3. The number of pyridine rings is 1. The van der Waals surface area contributed by atoms with Crippen molar-refractivity contribution in [3.05, 3.63) is 60.5 Å². The Hall–Kier alpha value is -3.29. The van der Waals surface area contributed by atoms with Gasteiger partial charge < -0.3 is 14.1 Å². The first-order chi connectivity index (χ1) is 13.7. The molecule has 1 aliphatic rings. The van der Waals surface area contributed by atoms with Crippen molar-refractivity contribution in [3.63, 3.8) is 0 Å². The molecule has 0 radical (unpaired) electrons. The highest BCUT2D eigenvalue weighted by Gasteiger charge is 2.27. The zero-order valence-electron chi connectivity index (χ0n) is 15.1. The second kappa shape index (κ2) is 8.16. The van der Waals surface area contributed by atoms with Gasteiger partial charge in [0.1, 0.15) is 11.6 Å². The number of halogens is 1. The van der Waals surface area contributed by atoms with Crippen LogP contribution in [-0.2, 0) is 4.79 Å². The Balaban J connectivity index is 1.30. The maximum atomic E-state index is 13.0. The van der Waals surface area contributed by atoms with E-state index in [1.165, 1.54) is 12.1 Å². The molecular formula is C20H19FN4O3. The fourth-order valence-electron chi connectivity index (χ4n) is 3.15. The minimum absolute atomic E-state index is 0.00830. The van der Waals surface area contributed by atoms with Crippen LogP contribution in [0.15, 0.2) is 53.2 Å². The van der Waals surface area contributed by atoms with Gasteiger partial charge in [0.2, 0.25) is 11.8 Å². The number of amides is 1. The first kappa shape index (κ1) is 18.1. The summed E-state index contributed by atoms with van der Waals surface area (Å²) in [6.45, 7) is 1.20. The van der Waals surface area contributed by atoms with Crippen molar-refractivity contribution in [1.29, 1.82) is 0 Å². The number of carbonyl (C=O) groups excluding carboxylic acids is 1. The topological polar surface area (TPSA) is 81.4 Å². The molecule has 3 aromatic rings. The summed E-state index contributed by atoms with van der Waals surface area (Å²) in [6.07, 6.45) is 4.71. The van der Waals surface area contributed by atoms with Crippen LogP contribution >= 0.6 is 0 Å². The van der Waals surface area contributed by atoms with Gasteiger partial charge in [-0.15, -0.1) is 10.2 Å². The van der Waals surface area contributed by atoms with E-state index in [9.17, 15) is 9.18 Å². The van der Waals surface area contributed by atoms with Crippen LogP contribution in [-0.4, -0.2) is 45.7 Å². The fourth-order valence-corrected chi connectivity index (χ4v) is 3.15. The molecule has 0 unspecified atom stereocenters. The van der Waals surface area contributed by atoms with E-state index in [1.807, 2.05) is 0 Å². The maximum Gasteiger partial charge on any atom is 0.260 e. The Morgan fingerprint density at radius 2 is 1.96 bits per heavy atom. The maximum absolute atomic E-state index is 13.0. The normalized spacial score (nSPS) is 14.8. The number of benzene rings is 1. The van der Waals surface area contributed by atoms with Crippen molar-refractivity contribution in [2.45, 2.75) is 18.8 Å². The van der Waals surface area contributed by atoms with E-state index in [0.717, 1.165) is 12.8 Å². The number of likely N-dealkylation sites (tertiary alicyclic amines) is 1. The highest BCUT2D eigenvalue weighted by Crippen LogP contribution is 2.29. The third-order valence-corrected chi connectivity index (χ3v) is 4.73. The molecule has 1 aromatic carbocycles. The number of piperidine rings is 1. The molecule has 0 aliphatic carbocycles. The molecular weight excluding hydrogens is 363 g/mol. The molecule has 2 aromatic heterocycles. The van der Waals surface area contributed by atoms with Crippen LogP contribution in [0.4, 0.5) is 4.39 Å². The van der Waals surface area contributed by atoms with Crippen LogP contribution < -0.4 is 4.74 Å². The van der Waals surface area contributed by atoms with Crippen molar-refractivity contribution in [2.75, 3.05) is 19.7 Å². The summed E-state index contributed by atoms with van der Waals surface area (Å²) in [5.41, 5.74) is 0.681. The Morgan fingerprint density at radius 1 is 1.18 bits per heavy atom. The first-order valence-corrected chi connectivity index (χ1v) is 9.09. The summed E-state index contributed by atoms with van der Waals surface area (Å²) in [5.74, 6) is 1.24. The molecule has 1 fully saturated rings. The predicted octanol–water partition coefficient (Wildman–Crippen LogP) is 3.06. The molecule has 0 spiro atoms. The predicted molar refractivity (Wildman–Crippen MR) is 98.0 cm³/mol. The zero-order chi connectivity index (χ0) is 19.3. The summed E-state index contributed by atoms with van der Waals surface area (Å²) in [6, 6.07) is 9.46. The monoisotopic (exact) mass is 382 g/mol. The lowest BCUT2D eigenvalue weighted by Gasteiger charge is -2.30. The molecule has 1 saturated heterocycles. The van der Waals surface area contributed by atoms with Gasteiger partial charge in [0, 0.05) is 30.8 Å². The summed E-state index contributed by atoms with van der Waals surface area (Å²) in [5, 5.41) is 8.20. The quantitative estimate of drug-likeness (QED) is 0.675. The Morgan fingerprint density at radius 3 is 2.68 bits per heavy atom. The van der Waals surface area contributed by atoms with E-state index in [0.29, 0.717) is 36.2 Å². The van der Waals surface area contributed by atoms with Crippen molar-refractivity contribution < 1.29 is 18.3 Å².